The minimum absolute atomic E-state index is 0.204. The summed E-state index contributed by atoms with van der Waals surface area (Å²) in [5.74, 6) is -0.230. The monoisotopic (exact) mass is 273 g/mol. The van der Waals surface area contributed by atoms with Crippen LogP contribution >= 0.6 is 15.9 Å². The van der Waals surface area contributed by atoms with Gasteiger partial charge in [0.1, 0.15) is 5.82 Å². The van der Waals surface area contributed by atoms with Crippen molar-refractivity contribution >= 4 is 15.9 Å². The van der Waals surface area contributed by atoms with Gasteiger partial charge in [0.15, 0.2) is 0 Å². The maximum atomic E-state index is 12.8. The molecule has 1 aromatic carbocycles. The van der Waals surface area contributed by atoms with E-state index in [1.807, 2.05) is 0 Å². The predicted molar refractivity (Wildman–Crippen MR) is 60.0 cm³/mol. The van der Waals surface area contributed by atoms with Crippen LogP contribution in [-0.2, 0) is 6.54 Å². The quantitative estimate of drug-likeness (QED) is 0.893. The molecule has 2 rings (SSSR count). The first-order chi connectivity index (χ1) is 7.15. The molecular formula is C11H13BrFNO. The van der Waals surface area contributed by atoms with E-state index in [4.69, 9.17) is 0 Å². The van der Waals surface area contributed by atoms with Crippen LogP contribution in [0.5, 0.6) is 0 Å². The molecule has 1 N–H and O–H groups in total. The van der Waals surface area contributed by atoms with Gasteiger partial charge in [-0.25, -0.2) is 4.39 Å². The summed E-state index contributed by atoms with van der Waals surface area (Å²) in [6, 6.07) is 4.72. The Hall–Kier alpha value is -0.450. The van der Waals surface area contributed by atoms with Crippen molar-refractivity contribution in [1.82, 2.24) is 4.90 Å². The minimum atomic E-state index is -0.230. The maximum absolute atomic E-state index is 12.8. The maximum Gasteiger partial charge on any atom is 0.124 e. The summed E-state index contributed by atoms with van der Waals surface area (Å²) >= 11 is 3.34. The van der Waals surface area contributed by atoms with Crippen LogP contribution in [0.1, 0.15) is 12.0 Å². The third-order valence-corrected chi connectivity index (χ3v) is 3.39. The molecule has 1 aliphatic rings. The molecule has 1 aliphatic heterocycles. The molecule has 2 nitrogen and oxygen atoms in total. The number of likely N-dealkylation sites (tertiary alicyclic amines) is 1. The van der Waals surface area contributed by atoms with Crippen LogP contribution in [0.4, 0.5) is 4.39 Å². The summed E-state index contributed by atoms with van der Waals surface area (Å²) in [5, 5.41) is 9.38. The number of aliphatic hydroxyl groups is 1. The Balaban J connectivity index is 2.04. The van der Waals surface area contributed by atoms with Crippen molar-refractivity contribution in [3.8, 4) is 0 Å². The van der Waals surface area contributed by atoms with E-state index in [0.717, 1.165) is 29.5 Å². The van der Waals surface area contributed by atoms with E-state index in [2.05, 4.69) is 20.8 Å². The lowest BCUT2D eigenvalue weighted by atomic mass is 10.2. The highest BCUT2D eigenvalue weighted by atomic mass is 79.9. The Morgan fingerprint density at radius 1 is 1.53 bits per heavy atom. The fourth-order valence-corrected chi connectivity index (χ4v) is 2.32. The fraction of sp³-hybridized carbons (Fsp3) is 0.455. The number of aliphatic hydroxyl groups excluding tert-OH is 1. The predicted octanol–water partition coefficient (Wildman–Crippen LogP) is 2.15. The first kappa shape index (κ1) is 11.0. The van der Waals surface area contributed by atoms with Gasteiger partial charge in [0, 0.05) is 24.1 Å². The van der Waals surface area contributed by atoms with Gasteiger partial charge in [0.05, 0.1) is 6.10 Å². The SMILES string of the molecule is O[C@H]1CCN(Cc2ccc(F)cc2Br)C1. The average Bonchev–Trinajstić information content (AvgIpc) is 2.56. The zero-order valence-electron chi connectivity index (χ0n) is 8.29. The third-order valence-electron chi connectivity index (χ3n) is 2.66. The third kappa shape index (κ3) is 2.77. The van der Waals surface area contributed by atoms with Crippen molar-refractivity contribution < 1.29 is 9.50 Å². The zero-order valence-corrected chi connectivity index (χ0v) is 9.87. The molecule has 82 valence electrons. The Morgan fingerprint density at radius 2 is 2.33 bits per heavy atom. The second kappa shape index (κ2) is 4.60. The standard InChI is InChI=1S/C11H13BrFNO/c12-11-5-9(13)2-1-8(11)6-14-4-3-10(15)7-14/h1-2,5,10,15H,3-4,6-7H2/t10-/m0/s1. The van der Waals surface area contributed by atoms with Crippen LogP contribution < -0.4 is 0 Å². The van der Waals surface area contributed by atoms with Crippen molar-refractivity contribution in [3.05, 3.63) is 34.1 Å². The highest BCUT2D eigenvalue weighted by Crippen LogP contribution is 2.21. The van der Waals surface area contributed by atoms with Crippen LogP contribution in [0.25, 0.3) is 0 Å². The molecule has 0 saturated carbocycles. The Kier molecular flexibility index (Phi) is 3.38. The summed E-state index contributed by atoms with van der Waals surface area (Å²) < 4.78 is 13.6. The van der Waals surface area contributed by atoms with Gasteiger partial charge in [-0.05, 0) is 24.1 Å². The molecule has 1 fully saturated rings. The molecule has 0 bridgehead atoms. The fourth-order valence-electron chi connectivity index (χ4n) is 1.85. The van der Waals surface area contributed by atoms with Crippen molar-refractivity contribution in [1.29, 1.82) is 0 Å². The number of halogens is 2. The molecular weight excluding hydrogens is 261 g/mol. The number of β-amino-alcohol motifs (C(OH)–C–C–N with tert-alkyl or cyclic N) is 1. The van der Waals surface area contributed by atoms with Crippen LogP contribution in [0, 0.1) is 5.82 Å². The van der Waals surface area contributed by atoms with E-state index in [0.29, 0.717) is 6.54 Å². The number of nitrogens with zero attached hydrogens (tertiary/aromatic N) is 1. The topological polar surface area (TPSA) is 23.5 Å². The van der Waals surface area contributed by atoms with Crippen LogP contribution in [0.2, 0.25) is 0 Å². The van der Waals surface area contributed by atoms with Crippen molar-refractivity contribution in [2.75, 3.05) is 13.1 Å². The zero-order chi connectivity index (χ0) is 10.8. The Bertz CT molecular complexity index is 358. The molecule has 0 aliphatic carbocycles. The molecule has 15 heavy (non-hydrogen) atoms. The van der Waals surface area contributed by atoms with Crippen LogP contribution in [0.15, 0.2) is 22.7 Å². The minimum Gasteiger partial charge on any atom is -0.392 e. The number of hydrogen-bond acceptors (Lipinski definition) is 2. The second-order valence-corrected chi connectivity index (χ2v) is 4.77. The highest BCUT2D eigenvalue weighted by Gasteiger charge is 2.20. The van der Waals surface area contributed by atoms with Crippen molar-refractivity contribution in [2.45, 2.75) is 19.1 Å². The molecule has 1 saturated heterocycles. The summed E-state index contributed by atoms with van der Waals surface area (Å²) in [6.45, 7) is 2.38. The molecule has 1 aromatic rings. The van der Waals surface area contributed by atoms with Gasteiger partial charge in [-0.1, -0.05) is 22.0 Å². The smallest absolute Gasteiger partial charge is 0.124 e. The molecule has 0 unspecified atom stereocenters. The summed E-state index contributed by atoms with van der Waals surface area (Å²) in [7, 11) is 0. The van der Waals surface area contributed by atoms with Gasteiger partial charge in [0.2, 0.25) is 0 Å². The summed E-state index contributed by atoms with van der Waals surface area (Å²) in [5.41, 5.74) is 1.06. The van der Waals surface area contributed by atoms with Crippen LogP contribution in [0.3, 0.4) is 0 Å². The first-order valence-corrected chi connectivity index (χ1v) is 5.79. The average molecular weight is 274 g/mol. The van der Waals surface area contributed by atoms with Crippen molar-refractivity contribution in [2.24, 2.45) is 0 Å². The van der Waals surface area contributed by atoms with Crippen LogP contribution in [-0.4, -0.2) is 29.2 Å². The molecule has 0 spiro atoms. The molecule has 4 heteroatoms. The summed E-state index contributed by atoms with van der Waals surface area (Å²) in [6.07, 6.45) is 0.628. The Morgan fingerprint density at radius 3 is 2.93 bits per heavy atom. The molecule has 0 aromatic heterocycles. The first-order valence-electron chi connectivity index (χ1n) is 4.99. The van der Waals surface area contributed by atoms with Gasteiger partial charge < -0.3 is 5.11 Å². The van der Waals surface area contributed by atoms with E-state index in [1.54, 1.807) is 6.07 Å². The Labute approximate surface area is 96.8 Å². The van der Waals surface area contributed by atoms with E-state index in [-0.39, 0.29) is 11.9 Å². The van der Waals surface area contributed by atoms with E-state index in [9.17, 15) is 9.50 Å². The molecule has 0 radical (unpaired) electrons. The van der Waals surface area contributed by atoms with Gasteiger partial charge in [0.25, 0.3) is 0 Å². The number of hydrogen-bond donors (Lipinski definition) is 1. The van der Waals surface area contributed by atoms with Gasteiger partial charge in [-0.15, -0.1) is 0 Å². The lowest BCUT2D eigenvalue weighted by Gasteiger charge is -2.15. The normalized spacial score (nSPS) is 22.2. The van der Waals surface area contributed by atoms with E-state index < -0.39 is 0 Å². The molecule has 0 amide bonds. The van der Waals surface area contributed by atoms with E-state index >= 15 is 0 Å². The molecule has 1 heterocycles. The second-order valence-electron chi connectivity index (χ2n) is 3.91. The van der Waals surface area contributed by atoms with Gasteiger partial charge in [-0.2, -0.15) is 0 Å². The van der Waals surface area contributed by atoms with Gasteiger partial charge in [-0.3, -0.25) is 4.90 Å². The lowest BCUT2D eigenvalue weighted by Crippen LogP contribution is -2.21. The molecule has 1 atom stereocenters. The van der Waals surface area contributed by atoms with Crippen molar-refractivity contribution in [3.63, 3.8) is 0 Å². The van der Waals surface area contributed by atoms with E-state index in [1.165, 1.54) is 12.1 Å². The number of benzene rings is 1. The van der Waals surface area contributed by atoms with Gasteiger partial charge >= 0.3 is 0 Å². The largest absolute Gasteiger partial charge is 0.392 e. The number of rotatable bonds is 2. The summed E-state index contributed by atoms with van der Waals surface area (Å²) in [4.78, 5) is 2.17. The lowest BCUT2D eigenvalue weighted by molar-refractivity contribution is 0.174. The highest BCUT2D eigenvalue weighted by molar-refractivity contribution is 9.10.